The Kier molecular flexibility index (Phi) is 3.90. The van der Waals surface area contributed by atoms with Crippen molar-refractivity contribution in [3.05, 3.63) is 57.3 Å². The minimum Gasteiger partial charge on any atom is -0.496 e. The third-order valence-electron chi connectivity index (χ3n) is 4.25. The molecule has 0 fully saturated rings. The number of carbonyl (C=O) groups is 1. The lowest BCUT2D eigenvalue weighted by atomic mass is 10.0. The second-order valence-corrected chi connectivity index (χ2v) is 6.24. The van der Waals surface area contributed by atoms with Crippen molar-refractivity contribution in [2.45, 2.75) is 13.5 Å². The molecular formula is C19H15ClO5. The number of benzene rings is 2. The van der Waals surface area contributed by atoms with Crippen molar-refractivity contribution in [2.24, 2.45) is 0 Å². The van der Waals surface area contributed by atoms with Crippen molar-refractivity contribution in [1.29, 1.82) is 0 Å². The van der Waals surface area contributed by atoms with E-state index in [1.807, 2.05) is 6.92 Å². The van der Waals surface area contributed by atoms with Gasteiger partial charge in [-0.3, -0.25) is 4.79 Å². The van der Waals surface area contributed by atoms with E-state index >= 15 is 0 Å². The highest BCUT2D eigenvalue weighted by molar-refractivity contribution is 6.31. The summed E-state index contributed by atoms with van der Waals surface area (Å²) in [7, 11) is 1.58. The van der Waals surface area contributed by atoms with Crippen LogP contribution >= 0.6 is 11.6 Å². The summed E-state index contributed by atoms with van der Waals surface area (Å²) < 4.78 is 22.0. The highest BCUT2D eigenvalue weighted by atomic mass is 35.5. The number of hydrogen-bond donors (Lipinski definition) is 0. The molecule has 0 unspecified atom stereocenters. The molecule has 25 heavy (non-hydrogen) atoms. The zero-order valence-corrected chi connectivity index (χ0v) is 14.5. The van der Waals surface area contributed by atoms with E-state index in [4.69, 9.17) is 30.5 Å². The number of ether oxygens (including phenoxy) is 4. The number of allylic oxidation sites excluding steroid dienone is 1. The Bertz CT molecular complexity index is 917. The molecule has 5 nitrogen and oxygen atoms in total. The van der Waals surface area contributed by atoms with E-state index < -0.39 is 0 Å². The minimum atomic E-state index is -0.179. The first-order valence-electron chi connectivity index (χ1n) is 7.73. The topological polar surface area (TPSA) is 54.0 Å². The average molecular weight is 359 g/mol. The molecule has 0 saturated heterocycles. The minimum absolute atomic E-state index is 0.163. The van der Waals surface area contributed by atoms with Crippen LogP contribution in [0.15, 0.2) is 30.0 Å². The highest BCUT2D eigenvalue weighted by Gasteiger charge is 2.30. The second kappa shape index (κ2) is 6.10. The molecule has 0 bridgehead atoms. The van der Waals surface area contributed by atoms with Gasteiger partial charge in [-0.1, -0.05) is 11.6 Å². The van der Waals surface area contributed by atoms with Crippen LogP contribution in [0.4, 0.5) is 0 Å². The first kappa shape index (κ1) is 16.0. The van der Waals surface area contributed by atoms with E-state index in [2.05, 4.69) is 0 Å². The zero-order chi connectivity index (χ0) is 17.6. The molecular weight excluding hydrogens is 344 g/mol. The largest absolute Gasteiger partial charge is 0.496 e. The molecule has 0 radical (unpaired) electrons. The normalized spacial score (nSPS) is 16.9. The maximum Gasteiger partial charge on any atom is 0.231 e. The second-order valence-electron chi connectivity index (χ2n) is 5.80. The number of fused-ring (bicyclic) bond motifs is 2. The first-order valence-corrected chi connectivity index (χ1v) is 8.11. The highest BCUT2D eigenvalue weighted by Crippen LogP contribution is 2.40. The van der Waals surface area contributed by atoms with Gasteiger partial charge < -0.3 is 18.9 Å². The third kappa shape index (κ3) is 2.65. The predicted octanol–water partition coefficient (Wildman–Crippen LogP) is 4.14. The van der Waals surface area contributed by atoms with Crippen molar-refractivity contribution >= 4 is 23.5 Å². The van der Waals surface area contributed by atoms with Gasteiger partial charge in [-0.2, -0.15) is 0 Å². The molecule has 4 rings (SSSR count). The maximum absolute atomic E-state index is 12.7. The Hall–Kier alpha value is -2.50. The van der Waals surface area contributed by atoms with Crippen LogP contribution in [0.25, 0.3) is 6.08 Å². The summed E-state index contributed by atoms with van der Waals surface area (Å²) in [6.45, 7) is 2.43. The predicted molar refractivity (Wildman–Crippen MR) is 92.4 cm³/mol. The van der Waals surface area contributed by atoms with E-state index in [-0.39, 0.29) is 18.3 Å². The fraction of sp³-hybridized carbons (Fsp3) is 0.211. The van der Waals surface area contributed by atoms with Gasteiger partial charge in [-0.05, 0) is 37.3 Å². The van der Waals surface area contributed by atoms with Crippen molar-refractivity contribution < 1.29 is 23.7 Å². The Labute approximate surface area is 149 Å². The summed E-state index contributed by atoms with van der Waals surface area (Å²) in [6.07, 6.45) is 1.66. The van der Waals surface area contributed by atoms with Crippen molar-refractivity contribution in [1.82, 2.24) is 0 Å². The molecule has 2 aliphatic rings. The number of carbonyl (C=O) groups excluding carboxylic acids is 1. The lowest BCUT2D eigenvalue weighted by molar-refractivity contribution is -0.0165. The SMILES string of the molecule is COc1ccc2c(c1C)O/C(=C\c1cc(Cl)cc3c1OCOC3)C2=O. The van der Waals surface area contributed by atoms with Gasteiger partial charge in [0.05, 0.1) is 19.3 Å². The van der Waals surface area contributed by atoms with Gasteiger partial charge in [0.15, 0.2) is 12.6 Å². The summed E-state index contributed by atoms with van der Waals surface area (Å²) in [5, 5.41) is 0.542. The molecule has 2 aliphatic heterocycles. The number of hydrogen-bond acceptors (Lipinski definition) is 5. The van der Waals surface area contributed by atoms with Gasteiger partial charge in [-0.25, -0.2) is 0 Å². The Morgan fingerprint density at radius 1 is 1.24 bits per heavy atom. The number of ketones is 1. The van der Waals surface area contributed by atoms with Crippen LogP contribution in [-0.2, 0) is 11.3 Å². The van der Waals surface area contributed by atoms with E-state index in [1.54, 1.807) is 37.5 Å². The van der Waals surface area contributed by atoms with Gasteiger partial charge in [0.2, 0.25) is 5.78 Å². The van der Waals surface area contributed by atoms with Gasteiger partial charge in [0, 0.05) is 21.7 Å². The van der Waals surface area contributed by atoms with Gasteiger partial charge in [-0.15, -0.1) is 0 Å². The van der Waals surface area contributed by atoms with Gasteiger partial charge in [0.25, 0.3) is 0 Å². The number of rotatable bonds is 2. The summed E-state index contributed by atoms with van der Waals surface area (Å²) in [4.78, 5) is 12.7. The molecule has 0 spiro atoms. The van der Waals surface area contributed by atoms with E-state index in [0.29, 0.717) is 40.0 Å². The fourth-order valence-corrected chi connectivity index (χ4v) is 3.30. The summed E-state index contributed by atoms with van der Waals surface area (Å²) in [5.41, 5.74) is 2.83. The molecule has 0 amide bonds. The van der Waals surface area contributed by atoms with Crippen LogP contribution in [0.3, 0.4) is 0 Å². The average Bonchev–Trinajstić information content (AvgIpc) is 2.92. The molecule has 0 atom stereocenters. The molecule has 2 heterocycles. The zero-order valence-electron chi connectivity index (χ0n) is 13.7. The van der Waals surface area contributed by atoms with Crippen molar-refractivity contribution in [3.63, 3.8) is 0 Å². The number of halogens is 1. The van der Waals surface area contributed by atoms with Crippen LogP contribution in [0.2, 0.25) is 5.02 Å². The number of Topliss-reactive ketones (excluding diaryl/α,β-unsaturated/α-hetero) is 1. The van der Waals surface area contributed by atoms with E-state index in [9.17, 15) is 4.79 Å². The van der Waals surface area contributed by atoms with E-state index in [1.165, 1.54) is 0 Å². The molecule has 2 aromatic rings. The fourth-order valence-electron chi connectivity index (χ4n) is 3.05. The standard InChI is InChI=1S/C19H15ClO5/c1-10-15(22-2)4-3-14-17(21)16(25-18(10)14)7-11-5-13(20)6-12-8-23-9-24-19(11)12/h3-7H,8-9H2,1-2H3/b16-7-. The monoisotopic (exact) mass is 358 g/mol. The van der Waals surface area contributed by atoms with Crippen LogP contribution in [0, 0.1) is 6.92 Å². The number of methoxy groups -OCH3 is 1. The van der Waals surface area contributed by atoms with Crippen molar-refractivity contribution in [3.8, 4) is 17.2 Å². The van der Waals surface area contributed by atoms with Crippen molar-refractivity contribution in [2.75, 3.05) is 13.9 Å². The van der Waals surface area contributed by atoms with Crippen LogP contribution in [0.5, 0.6) is 17.2 Å². The molecule has 0 N–H and O–H groups in total. The quantitative estimate of drug-likeness (QED) is 0.755. The maximum atomic E-state index is 12.7. The Balaban J connectivity index is 1.78. The molecule has 0 aliphatic carbocycles. The van der Waals surface area contributed by atoms with Gasteiger partial charge >= 0.3 is 0 Å². The first-order chi connectivity index (χ1) is 12.1. The molecule has 128 valence electrons. The lowest BCUT2D eigenvalue weighted by Crippen LogP contribution is -2.12. The third-order valence-corrected chi connectivity index (χ3v) is 4.46. The smallest absolute Gasteiger partial charge is 0.231 e. The lowest BCUT2D eigenvalue weighted by Gasteiger charge is -2.20. The summed E-state index contributed by atoms with van der Waals surface area (Å²) in [5.74, 6) is 1.90. The molecule has 0 saturated carbocycles. The van der Waals surface area contributed by atoms with Crippen LogP contribution in [-0.4, -0.2) is 19.7 Å². The Morgan fingerprint density at radius 3 is 2.88 bits per heavy atom. The van der Waals surface area contributed by atoms with Crippen LogP contribution in [0.1, 0.15) is 27.0 Å². The summed E-state index contributed by atoms with van der Waals surface area (Å²) in [6, 6.07) is 7.01. The molecule has 0 aromatic heterocycles. The summed E-state index contributed by atoms with van der Waals surface area (Å²) >= 11 is 6.17. The van der Waals surface area contributed by atoms with Crippen LogP contribution < -0.4 is 14.2 Å². The van der Waals surface area contributed by atoms with E-state index in [0.717, 1.165) is 11.1 Å². The van der Waals surface area contributed by atoms with Gasteiger partial charge in [0.1, 0.15) is 17.2 Å². The molecule has 6 heteroatoms. The molecule has 2 aromatic carbocycles. The Morgan fingerprint density at radius 2 is 2.08 bits per heavy atom.